The highest BCUT2D eigenvalue weighted by Gasteiger charge is 2.51. The molecule has 0 spiro atoms. The van der Waals surface area contributed by atoms with E-state index in [1.165, 1.54) is 4.90 Å². The van der Waals surface area contributed by atoms with Crippen molar-refractivity contribution in [1.29, 1.82) is 0 Å². The maximum atomic E-state index is 12.6. The molecule has 0 unspecified atom stereocenters. The van der Waals surface area contributed by atoms with Gasteiger partial charge in [0.1, 0.15) is 17.2 Å². The van der Waals surface area contributed by atoms with Crippen molar-refractivity contribution in [3.05, 3.63) is 0 Å². The van der Waals surface area contributed by atoms with Crippen molar-refractivity contribution in [3.8, 4) is 0 Å². The summed E-state index contributed by atoms with van der Waals surface area (Å²) in [6, 6.07) is -0.851. The predicted octanol–water partition coefficient (Wildman–Crippen LogP) is 2.53. The minimum absolute atomic E-state index is 0.156. The molecular formula is C16H26N2O5. The summed E-state index contributed by atoms with van der Waals surface area (Å²) in [5.41, 5.74) is -1.29. The van der Waals surface area contributed by atoms with Crippen molar-refractivity contribution < 1.29 is 23.9 Å². The van der Waals surface area contributed by atoms with Gasteiger partial charge in [-0.2, -0.15) is 0 Å². The molecule has 0 aromatic carbocycles. The first-order chi connectivity index (χ1) is 10.4. The van der Waals surface area contributed by atoms with Crippen LogP contribution in [0.25, 0.3) is 0 Å². The minimum atomic E-state index is -0.668. The van der Waals surface area contributed by atoms with Crippen LogP contribution in [0, 0.1) is 0 Å². The largest absolute Gasteiger partial charge is 0.444 e. The summed E-state index contributed by atoms with van der Waals surface area (Å²) >= 11 is 0. The number of ether oxygens (including phenoxy) is 2. The van der Waals surface area contributed by atoms with Gasteiger partial charge in [-0.1, -0.05) is 0 Å². The van der Waals surface area contributed by atoms with Gasteiger partial charge in [0, 0.05) is 0 Å². The number of amides is 3. The fraction of sp³-hybridized carbons (Fsp3) is 0.812. The topological polar surface area (TPSA) is 76.2 Å². The fourth-order valence-electron chi connectivity index (χ4n) is 2.86. The van der Waals surface area contributed by atoms with Crippen molar-refractivity contribution >= 4 is 18.1 Å². The van der Waals surface area contributed by atoms with Crippen molar-refractivity contribution in [2.45, 2.75) is 77.7 Å². The van der Waals surface area contributed by atoms with E-state index in [1.807, 2.05) is 0 Å². The Bertz CT molecular complexity index is 518. The first-order valence-corrected chi connectivity index (χ1v) is 7.95. The normalized spacial score (nSPS) is 24.7. The number of imide groups is 1. The van der Waals surface area contributed by atoms with E-state index in [0.29, 0.717) is 12.8 Å². The highest BCUT2D eigenvalue weighted by molar-refractivity contribution is 5.98. The number of fused-ring (bicyclic) bond motifs is 2. The maximum absolute atomic E-state index is 12.6. The van der Waals surface area contributed by atoms with Crippen molar-refractivity contribution in [3.63, 3.8) is 0 Å². The highest BCUT2D eigenvalue weighted by Crippen LogP contribution is 2.33. The molecule has 2 aliphatic rings. The number of hydrogen-bond donors (Lipinski definition) is 0. The molecule has 0 aliphatic carbocycles. The van der Waals surface area contributed by atoms with Crippen LogP contribution in [0.2, 0.25) is 0 Å². The lowest BCUT2D eigenvalue weighted by atomic mass is 10.1. The van der Waals surface area contributed by atoms with E-state index in [0.717, 1.165) is 4.90 Å². The van der Waals surface area contributed by atoms with Gasteiger partial charge in [0.05, 0.1) is 12.6 Å². The summed E-state index contributed by atoms with van der Waals surface area (Å²) < 4.78 is 10.7. The van der Waals surface area contributed by atoms with Crippen LogP contribution in [0.4, 0.5) is 9.59 Å². The molecule has 0 aromatic heterocycles. The smallest absolute Gasteiger partial charge is 0.417 e. The molecule has 2 heterocycles. The summed E-state index contributed by atoms with van der Waals surface area (Å²) in [4.78, 5) is 39.7. The highest BCUT2D eigenvalue weighted by atomic mass is 16.6. The number of hydrogen-bond acceptors (Lipinski definition) is 5. The van der Waals surface area contributed by atoms with E-state index in [1.54, 1.807) is 41.5 Å². The SMILES string of the molecule is CC(C)(C)OC(=O)N1C[C@H]2CC[C@@H](C1=O)N2C(=O)OC(C)(C)C. The van der Waals surface area contributed by atoms with E-state index in [2.05, 4.69) is 0 Å². The zero-order valence-electron chi connectivity index (χ0n) is 14.7. The van der Waals surface area contributed by atoms with Gasteiger partial charge in [0.2, 0.25) is 0 Å². The summed E-state index contributed by atoms with van der Waals surface area (Å²) in [7, 11) is 0. The number of likely N-dealkylation sites (tertiary alicyclic amines) is 1. The second kappa shape index (κ2) is 5.69. The van der Waals surface area contributed by atoms with Crippen LogP contribution in [0.1, 0.15) is 54.4 Å². The monoisotopic (exact) mass is 326 g/mol. The van der Waals surface area contributed by atoms with Crippen molar-refractivity contribution in [2.24, 2.45) is 0 Å². The number of rotatable bonds is 0. The molecule has 2 bridgehead atoms. The maximum Gasteiger partial charge on any atom is 0.417 e. The van der Waals surface area contributed by atoms with E-state index in [-0.39, 0.29) is 18.5 Å². The van der Waals surface area contributed by atoms with Crippen LogP contribution < -0.4 is 0 Å². The van der Waals surface area contributed by atoms with Gasteiger partial charge >= 0.3 is 12.2 Å². The van der Waals surface area contributed by atoms with Crippen LogP contribution in [-0.2, 0) is 14.3 Å². The average Bonchev–Trinajstić information content (AvgIpc) is 2.67. The third kappa shape index (κ3) is 3.95. The van der Waals surface area contributed by atoms with Gasteiger partial charge in [-0.15, -0.1) is 0 Å². The van der Waals surface area contributed by atoms with E-state index < -0.39 is 29.4 Å². The van der Waals surface area contributed by atoms with Crippen LogP contribution in [0.5, 0.6) is 0 Å². The molecule has 3 amide bonds. The molecule has 0 aromatic rings. The number of piperazine rings is 1. The Kier molecular flexibility index (Phi) is 4.34. The molecule has 7 heteroatoms. The molecule has 2 saturated heterocycles. The Morgan fingerprint density at radius 1 is 0.957 bits per heavy atom. The molecule has 2 atom stereocenters. The Hall–Kier alpha value is -1.79. The van der Waals surface area contributed by atoms with Crippen molar-refractivity contribution in [2.75, 3.05) is 6.54 Å². The zero-order valence-corrected chi connectivity index (χ0v) is 14.7. The van der Waals surface area contributed by atoms with E-state index in [4.69, 9.17) is 9.47 Å². The van der Waals surface area contributed by atoms with Gasteiger partial charge in [-0.3, -0.25) is 9.69 Å². The standard InChI is InChI=1S/C16H26N2O5/c1-15(2,3)22-13(20)17-9-10-7-8-11(12(17)19)18(10)14(21)23-16(4,5)6/h10-11H,7-9H2,1-6H3/t10-,11+/m1/s1. The Morgan fingerprint density at radius 2 is 1.48 bits per heavy atom. The lowest BCUT2D eigenvalue weighted by Gasteiger charge is -2.39. The second-order valence-electron chi connectivity index (χ2n) is 8.06. The van der Waals surface area contributed by atoms with E-state index >= 15 is 0 Å². The predicted molar refractivity (Wildman–Crippen MR) is 82.8 cm³/mol. The fourth-order valence-corrected chi connectivity index (χ4v) is 2.86. The number of nitrogens with zero attached hydrogens (tertiary/aromatic N) is 2. The molecule has 0 radical (unpaired) electrons. The van der Waals surface area contributed by atoms with Gasteiger partial charge < -0.3 is 9.47 Å². The van der Waals surface area contributed by atoms with Gasteiger partial charge in [0.25, 0.3) is 5.91 Å². The Morgan fingerprint density at radius 3 is 2.00 bits per heavy atom. The van der Waals surface area contributed by atoms with Crippen LogP contribution in [0.15, 0.2) is 0 Å². The number of carbonyl (C=O) groups excluding carboxylic acids is 3. The van der Waals surface area contributed by atoms with Crippen LogP contribution >= 0.6 is 0 Å². The van der Waals surface area contributed by atoms with Crippen molar-refractivity contribution in [1.82, 2.24) is 9.80 Å². The molecule has 23 heavy (non-hydrogen) atoms. The van der Waals surface area contributed by atoms with Gasteiger partial charge in [0.15, 0.2) is 0 Å². The molecule has 2 rings (SSSR count). The third-order valence-electron chi connectivity index (χ3n) is 3.67. The summed E-state index contributed by atoms with van der Waals surface area (Å²) in [5, 5.41) is 0. The summed E-state index contributed by atoms with van der Waals surface area (Å²) in [6.07, 6.45) is 0.0715. The molecule has 0 N–H and O–H groups in total. The molecule has 0 saturated carbocycles. The first-order valence-electron chi connectivity index (χ1n) is 7.95. The molecule has 7 nitrogen and oxygen atoms in total. The van der Waals surface area contributed by atoms with E-state index in [9.17, 15) is 14.4 Å². The average molecular weight is 326 g/mol. The zero-order chi connectivity index (χ0) is 17.6. The van der Waals surface area contributed by atoms with Gasteiger partial charge in [-0.25, -0.2) is 14.5 Å². The lowest BCUT2D eigenvalue weighted by Crippen LogP contribution is -2.61. The first kappa shape index (κ1) is 17.6. The summed E-state index contributed by atoms with van der Waals surface area (Å²) in [5.74, 6) is -0.390. The Balaban J connectivity index is 2.11. The Labute approximate surface area is 136 Å². The van der Waals surface area contributed by atoms with Crippen LogP contribution in [-0.4, -0.2) is 57.7 Å². The molecule has 130 valence electrons. The summed E-state index contributed by atoms with van der Waals surface area (Å²) in [6.45, 7) is 10.8. The quantitative estimate of drug-likeness (QED) is 0.684. The molecule has 2 fully saturated rings. The second-order valence-corrected chi connectivity index (χ2v) is 8.06. The minimum Gasteiger partial charge on any atom is -0.444 e. The lowest BCUT2D eigenvalue weighted by molar-refractivity contribution is -0.139. The number of carbonyl (C=O) groups is 3. The molecular weight excluding hydrogens is 300 g/mol. The van der Waals surface area contributed by atoms with Gasteiger partial charge in [-0.05, 0) is 54.4 Å². The third-order valence-corrected chi connectivity index (χ3v) is 3.67. The molecule has 2 aliphatic heterocycles. The van der Waals surface area contributed by atoms with Crippen LogP contribution in [0.3, 0.4) is 0 Å².